The monoisotopic (exact) mass is 283 g/mol. The van der Waals surface area contributed by atoms with Crippen LogP contribution in [0.1, 0.15) is 40.5 Å². The number of nitrogens with two attached hydrogens (primary N) is 1. The van der Waals surface area contributed by atoms with Crippen molar-refractivity contribution in [1.82, 2.24) is 9.80 Å². The molecule has 2 amide bonds. The molecule has 0 aromatic rings. The van der Waals surface area contributed by atoms with E-state index in [1.807, 2.05) is 37.5 Å². The van der Waals surface area contributed by atoms with Gasteiger partial charge in [-0.3, -0.25) is 9.59 Å². The van der Waals surface area contributed by atoms with Gasteiger partial charge in [0.25, 0.3) is 0 Å². The minimum Gasteiger partial charge on any atom is -0.339 e. The average molecular weight is 283 g/mol. The van der Waals surface area contributed by atoms with Gasteiger partial charge in [-0.25, -0.2) is 0 Å². The van der Waals surface area contributed by atoms with Crippen LogP contribution >= 0.6 is 0 Å². The van der Waals surface area contributed by atoms with E-state index in [-0.39, 0.29) is 17.7 Å². The van der Waals surface area contributed by atoms with Crippen molar-refractivity contribution in [3.8, 4) is 0 Å². The molecule has 2 N–H and O–H groups in total. The zero-order valence-corrected chi connectivity index (χ0v) is 13.3. The van der Waals surface area contributed by atoms with Crippen LogP contribution in [0.2, 0.25) is 0 Å². The van der Waals surface area contributed by atoms with Gasteiger partial charge in [-0.15, -0.1) is 0 Å². The third-order valence-electron chi connectivity index (χ3n) is 4.57. The fraction of sp³-hybridized carbons (Fsp3) is 0.867. The van der Waals surface area contributed by atoms with Gasteiger partial charge < -0.3 is 15.5 Å². The number of hydrogen-bond donors (Lipinski definition) is 1. The molecular weight excluding hydrogens is 254 g/mol. The molecule has 0 aromatic heterocycles. The van der Waals surface area contributed by atoms with Crippen LogP contribution in [0.25, 0.3) is 0 Å². The Morgan fingerprint density at radius 3 is 1.85 bits per heavy atom. The fourth-order valence-electron chi connectivity index (χ4n) is 2.76. The molecule has 1 aliphatic heterocycles. The molecule has 0 spiro atoms. The van der Waals surface area contributed by atoms with Crippen molar-refractivity contribution in [3.05, 3.63) is 0 Å². The second-order valence-electron chi connectivity index (χ2n) is 5.96. The Kier molecular flexibility index (Phi) is 5.99. The van der Waals surface area contributed by atoms with Gasteiger partial charge in [-0.05, 0) is 12.8 Å². The minimum absolute atomic E-state index is 0.0201. The Hall–Kier alpha value is -1.10. The van der Waals surface area contributed by atoms with Gasteiger partial charge >= 0.3 is 0 Å². The second kappa shape index (κ2) is 7.07. The maximum atomic E-state index is 12.7. The zero-order valence-electron chi connectivity index (χ0n) is 13.3. The number of hydrogen-bond acceptors (Lipinski definition) is 3. The van der Waals surface area contributed by atoms with Crippen LogP contribution in [-0.4, -0.2) is 54.3 Å². The molecule has 0 bridgehead atoms. The van der Waals surface area contributed by atoms with Crippen LogP contribution in [0.15, 0.2) is 0 Å². The summed E-state index contributed by atoms with van der Waals surface area (Å²) in [5.74, 6) is 0.349. The first kappa shape index (κ1) is 17.0. The third kappa shape index (κ3) is 3.32. The highest BCUT2D eigenvalue weighted by atomic mass is 16.2. The SMILES string of the molecule is CCC(CC)(CN)C(=O)N1CCN(C(=O)C(C)C)CC1. The molecule has 0 radical (unpaired) electrons. The Balaban J connectivity index is 2.65. The summed E-state index contributed by atoms with van der Waals surface area (Å²) in [6.45, 7) is 10.8. The molecule has 0 saturated carbocycles. The van der Waals surface area contributed by atoms with Gasteiger partial charge in [0.1, 0.15) is 0 Å². The lowest BCUT2D eigenvalue weighted by molar-refractivity contribution is -0.148. The number of rotatable bonds is 5. The minimum atomic E-state index is -0.426. The van der Waals surface area contributed by atoms with Crippen molar-refractivity contribution >= 4 is 11.8 Å². The van der Waals surface area contributed by atoms with Gasteiger partial charge in [0.05, 0.1) is 5.41 Å². The molecule has 1 heterocycles. The van der Waals surface area contributed by atoms with E-state index in [4.69, 9.17) is 5.73 Å². The summed E-state index contributed by atoms with van der Waals surface area (Å²) in [5.41, 5.74) is 5.41. The standard InChI is InChI=1S/C15H29N3O2/c1-5-15(6-2,11-16)14(20)18-9-7-17(8-10-18)13(19)12(3)4/h12H,5-11,16H2,1-4H3. The molecule has 1 aliphatic rings. The van der Waals surface area contributed by atoms with E-state index in [2.05, 4.69) is 0 Å². The van der Waals surface area contributed by atoms with Crippen LogP contribution in [0.4, 0.5) is 0 Å². The Morgan fingerprint density at radius 1 is 1.05 bits per heavy atom. The highest BCUT2D eigenvalue weighted by molar-refractivity contribution is 5.83. The Bertz CT molecular complexity index is 335. The van der Waals surface area contributed by atoms with Crippen LogP contribution in [0.5, 0.6) is 0 Å². The molecule has 20 heavy (non-hydrogen) atoms. The number of carbonyl (C=O) groups excluding carboxylic acids is 2. The summed E-state index contributed by atoms with van der Waals surface area (Å²) < 4.78 is 0. The number of nitrogens with zero attached hydrogens (tertiary/aromatic N) is 2. The molecule has 0 atom stereocenters. The number of carbonyl (C=O) groups is 2. The smallest absolute Gasteiger partial charge is 0.230 e. The summed E-state index contributed by atoms with van der Waals surface area (Å²) >= 11 is 0. The van der Waals surface area contributed by atoms with E-state index < -0.39 is 5.41 Å². The summed E-state index contributed by atoms with van der Waals surface area (Å²) in [4.78, 5) is 28.3. The lowest BCUT2D eigenvalue weighted by atomic mass is 9.81. The van der Waals surface area contributed by atoms with Crippen molar-refractivity contribution < 1.29 is 9.59 Å². The van der Waals surface area contributed by atoms with E-state index in [1.54, 1.807) is 0 Å². The number of piperazine rings is 1. The molecule has 5 nitrogen and oxygen atoms in total. The van der Waals surface area contributed by atoms with Crippen LogP contribution in [0, 0.1) is 11.3 Å². The molecular formula is C15H29N3O2. The van der Waals surface area contributed by atoms with Crippen molar-refractivity contribution in [1.29, 1.82) is 0 Å². The highest BCUT2D eigenvalue weighted by Crippen LogP contribution is 2.28. The summed E-state index contributed by atoms with van der Waals surface area (Å²) in [6.07, 6.45) is 1.54. The normalized spacial score (nSPS) is 16.7. The largest absolute Gasteiger partial charge is 0.339 e. The summed E-state index contributed by atoms with van der Waals surface area (Å²) in [6, 6.07) is 0. The van der Waals surface area contributed by atoms with E-state index in [0.717, 1.165) is 12.8 Å². The fourth-order valence-corrected chi connectivity index (χ4v) is 2.76. The van der Waals surface area contributed by atoms with Crippen molar-refractivity contribution in [2.75, 3.05) is 32.7 Å². The Labute approximate surface area is 122 Å². The van der Waals surface area contributed by atoms with Gasteiger partial charge in [0.15, 0.2) is 0 Å². The molecule has 0 unspecified atom stereocenters. The van der Waals surface area contributed by atoms with E-state index in [0.29, 0.717) is 32.7 Å². The lowest BCUT2D eigenvalue weighted by Gasteiger charge is -2.40. The van der Waals surface area contributed by atoms with Crippen LogP contribution in [-0.2, 0) is 9.59 Å². The second-order valence-corrected chi connectivity index (χ2v) is 5.96. The predicted molar refractivity (Wildman–Crippen MR) is 80.1 cm³/mol. The van der Waals surface area contributed by atoms with Crippen LogP contribution in [0.3, 0.4) is 0 Å². The molecule has 5 heteroatoms. The van der Waals surface area contributed by atoms with Gasteiger partial charge in [0.2, 0.25) is 11.8 Å². The summed E-state index contributed by atoms with van der Waals surface area (Å²) in [5, 5.41) is 0. The maximum absolute atomic E-state index is 12.7. The first-order valence-electron chi connectivity index (χ1n) is 7.70. The molecule has 1 saturated heterocycles. The molecule has 1 fully saturated rings. The van der Waals surface area contributed by atoms with Crippen molar-refractivity contribution in [3.63, 3.8) is 0 Å². The first-order chi connectivity index (χ1) is 9.41. The van der Waals surface area contributed by atoms with E-state index >= 15 is 0 Å². The average Bonchev–Trinajstić information content (AvgIpc) is 2.48. The Morgan fingerprint density at radius 2 is 1.50 bits per heavy atom. The first-order valence-corrected chi connectivity index (χ1v) is 7.70. The third-order valence-corrected chi connectivity index (χ3v) is 4.57. The lowest BCUT2D eigenvalue weighted by Crippen LogP contribution is -2.56. The quantitative estimate of drug-likeness (QED) is 0.821. The maximum Gasteiger partial charge on any atom is 0.230 e. The number of amides is 2. The van der Waals surface area contributed by atoms with Gasteiger partial charge in [0, 0.05) is 38.6 Å². The van der Waals surface area contributed by atoms with Crippen molar-refractivity contribution in [2.45, 2.75) is 40.5 Å². The van der Waals surface area contributed by atoms with Crippen molar-refractivity contribution in [2.24, 2.45) is 17.1 Å². The molecule has 0 aromatic carbocycles. The summed E-state index contributed by atoms with van der Waals surface area (Å²) in [7, 11) is 0. The highest BCUT2D eigenvalue weighted by Gasteiger charge is 2.38. The van der Waals surface area contributed by atoms with E-state index in [1.165, 1.54) is 0 Å². The topological polar surface area (TPSA) is 66.6 Å². The zero-order chi connectivity index (χ0) is 15.3. The molecule has 0 aliphatic carbocycles. The van der Waals surface area contributed by atoms with Crippen LogP contribution < -0.4 is 5.73 Å². The molecule has 116 valence electrons. The predicted octanol–water partition coefficient (Wildman–Crippen LogP) is 1.08. The molecule has 1 rings (SSSR count). The van der Waals surface area contributed by atoms with Gasteiger partial charge in [-0.1, -0.05) is 27.7 Å². The van der Waals surface area contributed by atoms with E-state index in [9.17, 15) is 9.59 Å². The van der Waals surface area contributed by atoms with Gasteiger partial charge in [-0.2, -0.15) is 0 Å².